The summed E-state index contributed by atoms with van der Waals surface area (Å²) in [6.45, 7) is 9.02. The second-order valence-corrected chi connectivity index (χ2v) is 7.42. The Hall–Kier alpha value is -1.69. The zero-order valence-corrected chi connectivity index (χ0v) is 15.0. The zero-order chi connectivity index (χ0) is 17.7. The highest BCUT2D eigenvalue weighted by molar-refractivity contribution is 5.68. The maximum absolute atomic E-state index is 13.3. The molecule has 1 N–H and O–H groups in total. The molecule has 2 unspecified atom stereocenters. The van der Waals surface area contributed by atoms with Gasteiger partial charge >= 0.3 is 6.09 Å². The molecular weight excluding hydrogens is 309 g/mol. The minimum atomic E-state index is -0.472. The Morgan fingerprint density at radius 3 is 2.79 bits per heavy atom. The lowest BCUT2D eigenvalue weighted by atomic mass is 10.1. The van der Waals surface area contributed by atoms with Crippen molar-refractivity contribution in [1.29, 1.82) is 0 Å². The van der Waals surface area contributed by atoms with E-state index >= 15 is 0 Å². The van der Waals surface area contributed by atoms with Gasteiger partial charge in [0.25, 0.3) is 0 Å². The zero-order valence-electron chi connectivity index (χ0n) is 15.0. The number of pyridine rings is 1. The van der Waals surface area contributed by atoms with Gasteiger partial charge in [0.2, 0.25) is 0 Å². The Morgan fingerprint density at radius 1 is 1.38 bits per heavy atom. The number of likely N-dealkylation sites (tertiary alicyclic amines) is 1. The molecule has 0 spiro atoms. The predicted octanol–water partition coefficient (Wildman–Crippen LogP) is 3.66. The number of nitrogens with one attached hydrogen (secondary N) is 1. The minimum absolute atomic E-state index is 0.0197. The second-order valence-electron chi connectivity index (χ2n) is 7.42. The first-order chi connectivity index (χ1) is 11.2. The fourth-order valence-corrected chi connectivity index (χ4v) is 2.89. The number of hydrogen-bond acceptors (Lipinski definition) is 4. The van der Waals surface area contributed by atoms with Crippen molar-refractivity contribution in [2.45, 2.75) is 64.6 Å². The molecule has 134 valence electrons. The van der Waals surface area contributed by atoms with E-state index in [-0.39, 0.29) is 24.0 Å². The molecule has 2 rings (SSSR count). The van der Waals surface area contributed by atoms with Gasteiger partial charge in [-0.2, -0.15) is 0 Å². The highest BCUT2D eigenvalue weighted by Crippen LogP contribution is 2.19. The first-order valence-corrected chi connectivity index (χ1v) is 8.59. The molecule has 2 heterocycles. The first-order valence-electron chi connectivity index (χ1n) is 8.59. The van der Waals surface area contributed by atoms with Crippen molar-refractivity contribution in [1.82, 2.24) is 15.2 Å². The average Bonchev–Trinajstić information content (AvgIpc) is 2.71. The number of carbonyl (C=O) groups excluding carboxylic acids is 1. The van der Waals surface area contributed by atoms with Gasteiger partial charge in [-0.3, -0.25) is 4.98 Å². The molecule has 6 heteroatoms. The van der Waals surface area contributed by atoms with Crippen LogP contribution < -0.4 is 5.32 Å². The Labute approximate surface area is 143 Å². The normalized spacial score (nSPS) is 20.4. The molecule has 0 saturated carbocycles. The van der Waals surface area contributed by atoms with Gasteiger partial charge in [-0.1, -0.05) is 0 Å². The number of carbonyl (C=O) groups is 1. The third-order valence-corrected chi connectivity index (χ3v) is 4.09. The Kier molecular flexibility index (Phi) is 6.15. The summed E-state index contributed by atoms with van der Waals surface area (Å²) in [4.78, 5) is 17.9. The summed E-state index contributed by atoms with van der Waals surface area (Å²) in [5, 5.41) is 3.52. The van der Waals surface area contributed by atoms with Crippen LogP contribution in [0.2, 0.25) is 0 Å². The average molecular weight is 337 g/mol. The molecule has 1 aliphatic rings. The van der Waals surface area contributed by atoms with Crippen molar-refractivity contribution in [3.8, 4) is 0 Å². The Morgan fingerprint density at radius 2 is 2.12 bits per heavy atom. The summed E-state index contributed by atoms with van der Waals surface area (Å²) >= 11 is 0. The summed E-state index contributed by atoms with van der Waals surface area (Å²) < 4.78 is 18.7. The summed E-state index contributed by atoms with van der Waals surface area (Å²) in [6, 6.07) is 1.82. The largest absolute Gasteiger partial charge is 0.444 e. The van der Waals surface area contributed by atoms with Crippen LogP contribution in [0.3, 0.4) is 0 Å². The van der Waals surface area contributed by atoms with E-state index in [1.807, 2.05) is 27.7 Å². The van der Waals surface area contributed by atoms with Crippen LogP contribution in [0, 0.1) is 5.82 Å². The van der Waals surface area contributed by atoms with E-state index in [9.17, 15) is 9.18 Å². The van der Waals surface area contributed by atoms with Gasteiger partial charge in [-0.25, -0.2) is 9.18 Å². The van der Waals surface area contributed by atoms with Crippen molar-refractivity contribution in [2.75, 3.05) is 13.1 Å². The quantitative estimate of drug-likeness (QED) is 0.914. The van der Waals surface area contributed by atoms with E-state index in [4.69, 9.17) is 4.74 Å². The van der Waals surface area contributed by atoms with Gasteiger partial charge in [0.05, 0.1) is 6.20 Å². The summed E-state index contributed by atoms with van der Waals surface area (Å²) in [7, 11) is 0. The van der Waals surface area contributed by atoms with Gasteiger partial charge in [-0.15, -0.1) is 0 Å². The molecular formula is C18H28FN3O2. The highest BCUT2D eigenvalue weighted by atomic mass is 19.1. The van der Waals surface area contributed by atoms with Gasteiger partial charge < -0.3 is 15.0 Å². The molecule has 0 radical (unpaired) electrons. The van der Waals surface area contributed by atoms with Crippen molar-refractivity contribution >= 4 is 6.09 Å². The van der Waals surface area contributed by atoms with E-state index in [1.54, 1.807) is 11.1 Å². The lowest BCUT2D eigenvalue weighted by Gasteiger charge is -2.26. The molecule has 0 aliphatic carbocycles. The fraction of sp³-hybridized carbons (Fsp3) is 0.667. The Bertz CT molecular complexity index is 559. The number of hydrogen-bond donors (Lipinski definition) is 1. The molecule has 0 bridgehead atoms. The van der Waals surface area contributed by atoms with E-state index in [0.29, 0.717) is 13.1 Å². The maximum atomic E-state index is 13.3. The molecule has 1 fully saturated rings. The molecule has 1 amide bonds. The van der Waals surface area contributed by atoms with E-state index in [0.717, 1.165) is 24.8 Å². The molecule has 1 aromatic rings. The third-order valence-electron chi connectivity index (χ3n) is 4.09. The molecule has 2 atom stereocenters. The number of nitrogens with zero attached hydrogens (tertiary/aromatic N) is 2. The first kappa shape index (κ1) is 18.6. The van der Waals surface area contributed by atoms with Crippen LogP contribution in [0.1, 0.15) is 58.6 Å². The molecule has 1 saturated heterocycles. The van der Waals surface area contributed by atoms with E-state index in [2.05, 4.69) is 10.3 Å². The number of halogens is 1. The SMILES string of the molecule is CC(NC1CCCN(C(=O)OC(C)(C)C)CC1)c1cncc(F)c1. The topological polar surface area (TPSA) is 54.5 Å². The summed E-state index contributed by atoms with van der Waals surface area (Å²) in [6.07, 6.45) is 5.40. The molecule has 24 heavy (non-hydrogen) atoms. The van der Waals surface area contributed by atoms with Crippen molar-refractivity contribution in [3.63, 3.8) is 0 Å². The number of rotatable bonds is 3. The van der Waals surface area contributed by atoms with Crippen LogP contribution in [-0.2, 0) is 4.74 Å². The smallest absolute Gasteiger partial charge is 0.410 e. The van der Waals surface area contributed by atoms with Crippen LogP contribution in [0.15, 0.2) is 18.5 Å². The van der Waals surface area contributed by atoms with E-state index < -0.39 is 5.60 Å². The number of aromatic nitrogens is 1. The monoisotopic (exact) mass is 337 g/mol. The second kappa shape index (κ2) is 7.92. The highest BCUT2D eigenvalue weighted by Gasteiger charge is 2.25. The molecule has 5 nitrogen and oxygen atoms in total. The number of ether oxygens (including phenoxy) is 1. The van der Waals surface area contributed by atoms with Gasteiger partial charge in [-0.05, 0) is 58.6 Å². The van der Waals surface area contributed by atoms with Crippen molar-refractivity contribution in [2.24, 2.45) is 0 Å². The lowest BCUT2D eigenvalue weighted by molar-refractivity contribution is 0.0256. The van der Waals surface area contributed by atoms with Crippen LogP contribution >= 0.6 is 0 Å². The fourth-order valence-electron chi connectivity index (χ4n) is 2.89. The van der Waals surface area contributed by atoms with Crippen LogP contribution in [0.25, 0.3) is 0 Å². The van der Waals surface area contributed by atoms with Crippen LogP contribution in [-0.4, -0.2) is 40.7 Å². The third kappa shape index (κ3) is 5.74. The van der Waals surface area contributed by atoms with Gasteiger partial charge in [0.1, 0.15) is 11.4 Å². The van der Waals surface area contributed by atoms with Crippen LogP contribution in [0.5, 0.6) is 0 Å². The summed E-state index contributed by atoms with van der Waals surface area (Å²) in [5.41, 5.74) is 0.364. The van der Waals surface area contributed by atoms with Crippen molar-refractivity contribution in [3.05, 3.63) is 29.8 Å². The lowest BCUT2D eigenvalue weighted by Crippen LogP contribution is -2.38. The van der Waals surface area contributed by atoms with Crippen LogP contribution in [0.4, 0.5) is 9.18 Å². The molecule has 1 aliphatic heterocycles. The molecule has 1 aromatic heterocycles. The van der Waals surface area contributed by atoms with Gasteiger partial charge in [0.15, 0.2) is 0 Å². The predicted molar refractivity (Wildman–Crippen MR) is 91.2 cm³/mol. The molecule has 0 aromatic carbocycles. The van der Waals surface area contributed by atoms with Gasteiger partial charge in [0, 0.05) is 31.4 Å². The standard InChI is InChI=1S/C18H28FN3O2/c1-13(14-10-15(19)12-20-11-14)21-16-6-5-8-22(9-7-16)17(23)24-18(2,3)4/h10-13,16,21H,5-9H2,1-4H3. The van der Waals surface area contributed by atoms with E-state index in [1.165, 1.54) is 12.3 Å². The Balaban J connectivity index is 1.88. The maximum Gasteiger partial charge on any atom is 0.410 e. The summed E-state index contributed by atoms with van der Waals surface area (Å²) in [5.74, 6) is -0.321. The number of amides is 1. The van der Waals surface area contributed by atoms with Crippen molar-refractivity contribution < 1.29 is 13.9 Å². The minimum Gasteiger partial charge on any atom is -0.444 e.